The van der Waals surface area contributed by atoms with Gasteiger partial charge in [0, 0.05) is 20.7 Å². The number of H-pyrrole nitrogens is 1. The molecule has 122 valence electrons. The van der Waals surface area contributed by atoms with Gasteiger partial charge >= 0.3 is 0 Å². The molecule has 2 amide bonds. The number of nitrogens with zero attached hydrogens (tertiary/aromatic N) is 2. The van der Waals surface area contributed by atoms with Crippen LogP contribution in [0.5, 0.6) is 0 Å². The van der Waals surface area contributed by atoms with Crippen LogP contribution in [0.2, 0.25) is 5.02 Å². The SMILES string of the molecule is CNC(=O)C[C@]1(COC)CN(C(=O)c2[nH]ncc2Cl)CCO1. The number of morpholine rings is 1. The molecule has 0 aliphatic carbocycles. The predicted octanol–water partition coefficient (Wildman–Crippen LogP) is 0.0568. The minimum atomic E-state index is -0.866. The molecule has 1 aromatic heterocycles. The van der Waals surface area contributed by atoms with Crippen LogP contribution in [0.4, 0.5) is 0 Å². The van der Waals surface area contributed by atoms with Crippen molar-refractivity contribution >= 4 is 23.4 Å². The van der Waals surface area contributed by atoms with Gasteiger partial charge in [-0.25, -0.2) is 0 Å². The Balaban J connectivity index is 2.16. The smallest absolute Gasteiger partial charge is 0.273 e. The van der Waals surface area contributed by atoms with Crippen LogP contribution in [0.25, 0.3) is 0 Å². The van der Waals surface area contributed by atoms with Gasteiger partial charge in [-0.2, -0.15) is 5.10 Å². The Morgan fingerprint density at radius 2 is 2.41 bits per heavy atom. The molecule has 0 aromatic carbocycles. The van der Waals surface area contributed by atoms with Gasteiger partial charge in [0.25, 0.3) is 5.91 Å². The molecule has 2 N–H and O–H groups in total. The summed E-state index contributed by atoms with van der Waals surface area (Å²) in [5.41, 5.74) is -0.635. The maximum absolute atomic E-state index is 12.5. The summed E-state index contributed by atoms with van der Waals surface area (Å²) < 4.78 is 11.0. The van der Waals surface area contributed by atoms with E-state index in [0.29, 0.717) is 13.2 Å². The molecule has 0 spiro atoms. The van der Waals surface area contributed by atoms with Crippen molar-refractivity contribution in [1.29, 1.82) is 0 Å². The monoisotopic (exact) mass is 330 g/mol. The van der Waals surface area contributed by atoms with E-state index in [1.54, 1.807) is 11.9 Å². The van der Waals surface area contributed by atoms with E-state index in [0.717, 1.165) is 0 Å². The fourth-order valence-corrected chi connectivity index (χ4v) is 2.66. The maximum atomic E-state index is 12.5. The molecule has 1 aliphatic heterocycles. The molecule has 2 rings (SSSR count). The van der Waals surface area contributed by atoms with Crippen molar-refractivity contribution in [2.24, 2.45) is 0 Å². The maximum Gasteiger partial charge on any atom is 0.273 e. The summed E-state index contributed by atoms with van der Waals surface area (Å²) in [5, 5.41) is 9.16. The highest BCUT2D eigenvalue weighted by Gasteiger charge is 2.41. The number of carbonyl (C=O) groups is 2. The second-order valence-corrected chi connectivity index (χ2v) is 5.54. The first kappa shape index (κ1) is 16.7. The molecule has 1 fully saturated rings. The zero-order chi connectivity index (χ0) is 16.2. The van der Waals surface area contributed by atoms with E-state index in [1.165, 1.54) is 13.3 Å². The molecular weight excluding hydrogens is 312 g/mol. The summed E-state index contributed by atoms with van der Waals surface area (Å²) in [4.78, 5) is 25.8. The van der Waals surface area contributed by atoms with E-state index < -0.39 is 5.60 Å². The predicted molar refractivity (Wildman–Crippen MR) is 78.7 cm³/mol. The van der Waals surface area contributed by atoms with E-state index in [2.05, 4.69) is 15.5 Å². The molecule has 9 heteroatoms. The number of hydrogen-bond donors (Lipinski definition) is 2. The van der Waals surface area contributed by atoms with Crippen LogP contribution in [0, 0.1) is 0 Å². The zero-order valence-corrected chi connectivity index (χ0v) is 13.3. The summed E-state index contributed by atoms with van der Waals surface area (Å²) in [5.74, 6) is -0.450. The molecule has 0 unspecified atom stereocenters. The highest BCUT2D eigenvalue weighted by Crippen LogP contribution is 2.25. The van der Waals surface area contributed by atoms with E-state index in [9.17, 15) is 9.59 Å². The number of methoxy groups -OCH3 is 1. The molecule has 1 aliphatic rings. The number of hydrogen-bond acceptors (Lipinski definition) is 5. The van der Waals surface area contributed by atoms with Gasteiger partial charge in [0.1, 0.15) is 11.3 Å². The highest BCUT2D eigenvalue weighted by atomic mass is 35.5. The number of amides is 2. The van der Waals surface area contributed by atoms with Crippen molar-refractivity contribution in [3.8, 4) is 0 Å². The van der Waals surface area contributed by atoms with Crippen LogP contribution in [-0.2, 0) is 14.3 Å². The van der Waals surface area contributed by atoms with Gasteiger partial charge in [-0.05, 0) is 0 Å². The summed E-state index contributed by atoms with van der Waals surface area (Å²) in [6, 6.07) is 0. The fraction of sp³-hybridized carbons (Fsp3) is 0.615. The number of aromatic nitrogens is 2. The van der Waals surface area contributed by atoms with E-state index in [1.807, 2.05) is 0 Å². The third-order valence-corrected chi connectivity index (χ3v) is 3.80. The molecular formula is C13H19ClN4O4. The van der Waals surface area contributed by atoms with Crippen LogP contribution in [-0.4, -0.2) is 73.0 Å². The summed E-state index contributed by atoms with van der Waals surface area (Å²) >= 11 is 5.93. The Kier molecular flexibility index (Phi) is 5.38. The Bertz CT molecular complexity index is 546. The lowest BCUT2D eigenvalue weighted by atomic mass is 9.97. The number of rotatable bonds is 5. The van der Waals surface area contributed by atoms with Gasteiger partial charge in [-0.3, -0.25) is 14.7 Å². The standard InChI is InChI=1S/C13H19ClN4O4/c1-15-10(19)5-13(8-21-2)7-18(3-4-22-13)12(20)11-9(14)6-16-17-11/h6H,3-5,7-8H2,1-2H3,(H,15,19)(H,16,17)/t13-/m1/s1. The number of carbonyl (C=O) groups excluding carboxylic acids is 2. The fourth-order valence-electron chi connectivity index (χ4n) is 2.49. The number of halogens is 1. The summed E-state index contributed by atoms with van der Waals surface area (Å²) in [6.45, 7) is 1.18. The number of ether oxygens (including phenoxy) is 2. The lowest BCUT2D eigenvalue weighted by Gasteiger charge is -2.41. The normalized spacial score (nSPS) is 21.7. The van der Waals surface area contributed by atoms with Crippen LogP contribution >= 0.6 is 11.6 Å². The molecule has 1 atom stereocenters. The largest absolute Gasteiger partial charge is 0.382 e. The Morgan fingerprint density at radius 3 is 3.00 bits per heavy atom. The van der Waals surface area contributed by atoms with Gasteiger partial charge in [0.2, 0.25) is 5.91 Å². The molecule has 2 heterocycles. The summed E-state index contributed by atoms with van der Waals surface area (Å²) in [6.07, 6.45) is 1.49. The first-order valence-corrected chi connectivity index (χ1v) is 7.21. The van der Waals surface area contributed by atoms with Crippen molar-refractivity contribution in [2.45, 2.75) is 12.0 Å². The van der Waals surface area contributed by atoms with E-state index in [-0.39, 0.29) is 42.1 Å². The van der Waals surface area contributed by atoms with Gasteiger partial charge in [0.05, 0.1) is 37.4 Å². The van der Waals surface area contributed by atoms with Crippen molar-refractivity contribution in [1.82, 2.24) is 20.4 Å². The number of nitrogens with one attached hydrogen (secondary N) is 2. The van der Waals surface area contributed by atoms with Gasteiger partial charge in [0.15, 0.2) is 0 Å². The second-order valence-electron chi connectivity index (χ2n) is 5.13. The van der Waals surface area contributed by atoms with Crippen molar-refractivity contribution in [2.75, 3.05) is 40.5 Å². The first-order chi connectivity index (χ1) is 10.5. The topological polar surface area (TPSA) is 96.6 Å². The van der Waals surface area contributed by atoms with Crippen molar-refractivity contribution < 1.29 is 19.1 Å². The third kappa shape index (κ3) is 3.57. The minimum absolute atomic E-state index is 0.109. The lowest BCUT2D eigenvalue weighted by Crippen LogP contribution is -2.57. The van der Waals surface area contributed by atoms with Crippen molar-refractivity contribution in [3.05, 3.63) is 16.9 Å². The summed E-state index contributed by atoms with van der Waals surface area (Å²) in [7, 11) is 3.08. The molecule has 0 saturated carbocycles. The molecule has 1 saturated heterocycles. The third-order valence-electron chi connectivity index (χ3n) is 3.51. The molecule has 0 radical (unpaired) electrons. The van der Waals surface area contributed by atoms with Gasteiger partial charge < -0.3 is 19.7 Å². The van der Waals surface area contributed by atoms with Crippen LogP contribution in [0.3, 0.4) is 0 Å². The van der Waals surface area contributed by atoms with Crippen molar-refractivity contribution in [3.63, 3.8) is 0 Å². The zero-order valence-electron chi connectivity index (χ0n) is 12.5. The quantitative estimate of drug-likeness (QED) is 0.795. The van der Waals surface area contributed by atoms with Gasteiger partial charge in [-0.1, -0.05) is 11.6 Å². The van der Waals surface area contributed by atoms with Crippen LogP contribution in [0.1, 0.15) is 16.9 Å². The average molecular weight is 331 g/mol. The Hall–Kier alpha value is -1.64. The Labute approximate surface area is 133 Å². The molecule has 0 bridgehead atoms. The molecule has 8 nitrogen and oxygen atoms in total. The Morgan fingerprint density at radius 1 is 1.64 bits per heavy atom. The second kappa shape index (κ2) is 7.08. The van der Waals surface area contributed by atoms with Crippen LogP contribution in [0.15, 0.2) is 6.20 Å². The van der Waals surface area contributed by atoms with E-state index >= 15 is 0 Å². The van der Waals surface area contributed by atoms with Crippen LogP contribution < -0.4 is 5.32 Å². The van der Waals surface area contributed by atoms with Gasteiger partial charge in [-0.15, -0.1) is 0 Å². The first-order valence-electron chi connectivity index (χ1n) is 6.83. The van der Waals surface area contributed by atoms with E-state index in [4.69, 9.17) is 21.1 Å². The lowest BCUT2D eigenvalue weighted by molar-refractivity contribution is -0.150. The average Bonchev–Trinajstić information content (AvgIpc) is 2.93. The molecule has 22 heavy (non-hydrogen) atoms. The molecule has 1 aromatic rings. The minimum Gasteiger partial charge on any atom is -0.382 e. The number of aromatic amines is 1. The highest BCUT2D eigenvalue weighted by molar-refractivity contribution is 6.33.